The number of hydrogen-bond acceptors (Lipinski definition) is 2. The Morgan fingerprint density at radius 1 is 1.00 bits per heavy atom. The Morgan fingerprint density at radius 2 is 1.57 bits per heavy atom. The molecule has 0 bridgehead atoms. The number of carboxylic acids is 1. The van der Waals surface area contributed by atoms with E-state index < -0.39 is 5.97 Å². The van der Waals surface area contributed by atoms with Crippen LogP contribution in [0.4, 0.5) is 4.79 Å². The van der Waals surface area contributed by atoms with Crippen LogP contribution >= 0.6 is 0 Å². The molecule has 0 saturated carbocycles. The molecule has 0 aromatic heterocycles. The van der Waals surface area contributed by atoms with Gasteiger partial charge in [-0.15, -0.1) is 0 Å². The third-order valence-corrected chi connectivity index (χ3v) is 3.59. The molecule has 0 unspecified atom stereocenters. The number of likely N-dealkylation sites (N-methyl/N-ethyl adjacent to an activating group) is 1. The minimum Gasteiger partial charge on any atom is -0.481 e. The van der Waals surface area contributed by atoms with Gasteiger partial charge < -0.3 is 20.2 Å². The van der Waals surface area contributed by atoms with Gasteiger partial charge in [0.05, 0.1) is 40.2 Å². The van der Waals surface area contributed by atoms with Crippen LogP contribution in [0.2, 0.25) is 0 Å². The molecule has 23 heavy (non-hydrogen) atoms. The third-order valence-electron chi connectivity index (χ3n) is 3.59. The molecule has 0 saturated heterocycles. The second kappa shape index (κ2) is 12.2. The topological polar surface area (TPSA) is 78.4 Å². The normalized spacial score (nSPS) is 12.7. The highest BCUT2D eigenvalue weighted by Gasteiger charge is 2.22. The highest BCUT2D eigenvalue weighted by atomic mass is 16.4. The third kappa shape index (κ3) is 15.4. The molecule has 6 heteroatoms. The fraction of sp³-hybridized carbons (Fsp3) is 0.882. The van der Waals surface area contributed by atoms with E-state index in [4.69, 9.17) is 5.11 Å². The Morgan fingerprint density at radius 3 is 2.09 bits per heavy atom. The number of rotatable bonds is 13. The fourth-order valence-electron chi connectivity index (χ4n) is 2.55. The van der Waals surface area contributed by atoms with E-state index in [1.54, 1.807) is 0 Å². The zero-order chi connectivity index (χ0) is 17.7. The lowest BCUT2D eigenvalue weighted by Crippen LogP contribution is -2.52. The Kier molecular flexibility index (Phi) is 11.5. The number of carbonyl (C=O) groups is 2. The summed E-state index contributed by atoms with van der Waals surface area (Å²) in [6.45, 7) is 3.43. The van der Waals surface area contributed by atoms with E-state index in [1.807, 2.05) is 21.1 Å². The number of amides is 2. The quantitative estimate of drug-likeness (QED) is 0.359. The summed E-state index contributed by atoms with van der Waals surface area (Å²) in [5, 5.41) is 14.6. The second-order valence-electron chi connectivity index (χ2n) is 7.29. The first-order valence-corrected chi connectivity index (χ1v) is 8.81. The zero-order valence-electron chi connectivity index (χ0n) is 15.4. The molecule has 0 rings (SSSR count). The van der Waals surface area contributed by atoms with Crippen LogP contribution in [0.25, 0.3) is 0 Å². The Hall–Kier alpha value is -1.30. The van der Waals surface area contributed by atoms with Crippen molar-refractivity contribution in [3.63, 3.8) is 0 Å². The summed E-state index contributed by atoms with van der Waals surface area (Å²) in [4.78, 5) is 22.8. The van der Waals surface area contributed by atoms with Crippen molar-refractivity contribution in [3.8, 4) is 0 Å². The molecule has 136 valence electrons. The molecule has 0 spiro atoms. The molecular formula is C17H36N3O3+. The van der Waals surface area contributed by atoms with Gasteiger partial charge in [0.1, 0.15) is 0 Å². The number of carbonyl (C=O) groups excluding carboxylic acids is 1. The fourth-order valence-corrected chi connectivity index (χ4v) is 2.55. The summed E-state index contributed by atoms with van der Waals surface area (Å²) >= 11 is 0. The van der Waals surface area contributed by atoms with E-state index in [0.29, 0.717) is 17.6 Å². The maximum absolute atomic E-state index is 11.9. The van der Waals surface area contributed by atoms with Crippen molar-refractivity contribution in [1.82, 2.24) is 10.6 Å². The van der Waals surface area contributed by atoms with Gasteiger partial charge in [-0.25, -0.2) is 4.79 Å². The van der Waals surface area contributed by atoms with E-state index in [-0.39, 0.29) is 18.5 Å². The summed E-state index contributed by atoms with van der Waals surface area (Å²) in [5.74, 6) is -0.893. The maximum atomic E-state index is 11.9. The van der Waals surface area contributed by atoms with Gasteiger partial charge in [0, 0.05) is 6.54 Å². The van der Waals surface area contributed by atoms with Crippen LogP contribution in [-0.2, 0) is 4.79 Å². The molecule has 0 aromatic rings. The van der Waals surface area contributed by atoms with Crippen molar-refractivity contribution >= 4 is 12.0 Å². The highest BCUT2D eigenvalue weighted by Crippen LogP contribution is 2.06. The van der Waals surface area contributed by atoms with Crippen molar-refractivity contribution in [2.24, 2.45) is 0 Å². The minimum absolute atomic E-state index is 0.0552. The van der Waals surface area contributed by atoms with Gasteiger partial charge >= 0.3 is 12.0 Å². The number of urea groups is 1. The number of quaternary nitrogens is 1. The molecule has 0 fully saturated rings. The smallest absolute Gasteiger partial charge is 0.315 e. The summed E-state index contributed by atoms with van der Waals surface area (Å²) in [6, 6.07) is -0.628. The average Bonchev–Trinajstić information content (AvgIpc) is 2.39. The Balaban J connectivity index is 3.88. The molecule has 0 aromatic carbocycles. The van der Waals surface area contributed by atoms with E-state index in [2.05, 4.69) is 17.6 Å². The van der Waals surface area contributed by atoms with E-state index >= 15 is 0 Å². The largest absolute Gasteiger partial charge is 0.481 e. The number of carboxylic acid groups (broad SMARTS) is 1. The molecule has 0 aliphatic heterocycles. The first kappa shape index (κ1) is 21.7. The van der Waals surface area contributed by atoms with Crippen molar-refractivity contribution in [2.45, 2.75) is 64.3 Å². The number of nitrogens with zero attached hydrogens (tertiary/aromatic N) is 1. The monoisotopic (exact) mass is 330 g/mol. The van der Waals surface area contributed by atoms with Crippen LogP contribution in [0, 0.1) is 0 Å². The molecule has 3 N–H and O–H groups in total. The predicted molar refractivity (Wildman–Crippen MR) is 93.5 cm³/mol. The first-order valence-electron chi connectivity index (χ1n) is 8.81. The van der Waals surface area contributed by atoms with Gasteiger partial charge in [-0.1, -0.05) is 45.4 Å². The number of nitrogens with one attached hydrogen (secondary N) is 2. The van der Waals surface area contributed by atoms with Gasteiger partial charge in [-0.2, -0.15) is 0 Å². The standard InChI is InChI=1S/C17H35N3O3/c1-5-6-7-8-9-10-11-12-18-17(23)19-15(13-16(21)22)14-20(2,3)4/h15H,5-14H2,1-4H3,(H2-,18,19,21,22,23)/p+1/t15-/m1/s1. The van der Waals surface area contributed by atoms with E-state index in [9.17, 15) is 9.59 Å². The summed E-state index contributed by atoms with van der Waals surface area (Å²) in [5.41, 5.74) is 0. The number of hydrogen-bond donors (Lipinski definition) is 3. The zero-order valence-corrected chi connectivity index (χ0v) is 15.4. The van der Waals surface area contributed by atoms with Gasteiger partial charge in [0.15, 0.2) is 0 Å². The lowest BCUT2D eigenvalue weighted by atomic mass is 10.1. The van der Waals surface area contributed by atoms with Gasteiger partial charge in [-0.05, 0) is 6.42 Å². The maximum Gasteiger partial charge on any atom is 0.315 e. The van der Waals surface area contributed by atoms with Crippen LogP contribution in [-0.4, -0.2) is 61.9 Å². The molecule has 2 amide bonds. The molecular weight excluding hydrogens is 294 g/mol. The Labute approximate surface area is 141 Å². The SMILES string of the molecule is CCCCCCCCCNC(=O)N[C@H](CC(=O)O)C[N+](C)(C)C. The molecule has 1 atom stereocenters. The van der Waals surface area contributed by atoms with Crippen LogP contribution in [0.5, 0.6) is 0 Å². The average molecular weight is 330 g/mol. The van der Waals surface area contributed by atoms with Crippen molar-refractivity contribution < 1.29 is 19.2 Å². The van der Waals surface area contributed by atoms with Crippen LogP contribution in [0.1, 0.15) is 58.3 Å². The van der Waals surface area contributed by atoms with Crippen LogP contribution in [0.15, 0.2) is 0 Å². The van der Waals surface area contributed by atoms with Gasteiger partial charge in [0.2, 0.25) is 0 Å². The molecule has 6 nitrogen and oxygen atoms in total. The second-order valence-corrected chi connectivity index (χ2v) is 7.29. The van der Waals surface area contributed by atoms with Crippen LogP contribution < -0.4 is 10.6 Å². The Bertz CT molecular complexity index is 340. The summed E-state index contributed by atoms with van der Waals surface area (Å²) in [7, 11) is 5.94. The van der Waals surface area contributed by atoms with Crippen LogP contribution in [0.3, 0.4) is 0 Å². The van der Waals surface area contributed by atoms with E-state index in [0.717, 1.165) is 12.8 Å². The lowest BCUT2D eigenvalue weighted by Gasteiger charge is -2.29. The van der Waals surface area contributed by atoms with Gasteiger partial charge in [0.25, 0.3) is 0 Å². The van der Waals surface area contributed by atoms with Gasteiger partial charge in [-0.3, -0.25) is 4.79 Å². The minimum atomic E-state index is -0.893. The van der Waals surface area contributed by atoms with Crippen molar-refractivity contribution in [3.05, 3.63) is 0 Å². The molecule has 0 aliphatic carbocycles. The molecule has 0 heterocycles. The molecule has 0 aliphatic rings. The molecule has 0 radical (unpaired) electrons. The predicted octanol–water partition coefficient (Wildman–Crippen LogP) is 2.59. The lowest BCUT2D eigenvalue weighted by molar-refractivity contribution is -0.871. The van der Waals surface area contributed by atoms with Crippen molar-refractivity contribution in [1.29, 1.82) is 0 Å². The number of unbranched alkanes of at least 4 members (excludes halogenated alkanes) is 6. The van der Waals surface area contributed by atoms with E-state index in [1.165, 1.54) is 32.1 Å². The summed E-state index contributed by atoms with van der Waals surface area (Å²) in [6.07, 6.45) is 8.38. The number of aliphatic carboxylic acids is 1. The van der Waals surface area contributed by atoms with Crippen molar-refractivity contribution in [2.75, 3.05) is 34.2 Å². The highest BCUT2D eigenvalue weighted by molar-refractivity contribution is 5.75. The first-order chi connectivity index (χ1) is 10.7. The summed E-state index contributed by atoms with van der Waals surface area (Å²) < 4.78 is 0.607.